The lowest BCUT2D eigenvalue weighted by molar-refractivity contribution is -0.137. The Balaban J connectivity index is 2.08. The number of benzene rings is 1. The number of carbonyl (C=O) groups excluding carboxylic acids is 1. The van der Waals surface area contributed by atoms with Crippen molar-refractivity contribution in [1.29, 1.82) is 0 Å². The van der Waals surface area contributed by atoms with E-state index in [1.54, 1.807) is 12.3 Å². The van der Waals surface area contributed by atoms with E-state index in [4.69, 9.17) is 0 Å². The third-order valence-corrected chi connectivity index (χ3v) is 3.50. The van der Waals surface area contributed by atoms with Gasteiger partial charge in [0.15, 0.2) is 0 Å². The van der Waals surface area contributed by atoms with Gasteiger partial charge in [0.05, 0.1) is 16.8 Å². The first-order valence-electron chi connectivity index (χ1n) is 7.49. The molecule has 0 aliphatic carbocycles. The lowest BCUT2D eigenvalue weighted by Crippen LogP contribution is -2.16. The molecule has 0 aliphatic rings. The quantitative estimate of drug-likeness (QED) is 0.841. The van der Waals surface area contributed by atoms with Gasteiger partial charge in [-0.3, -0.25) is 9.78 Å². The van der Waals surface area contributed by atoms with Crippen molar-refractivity contribution in [3.63, 3.8) is 0 Å². The highest BCUT2D eigenvalue weighted by molar-refractivity contribution is 6.04. The van der Waals surface area contributed by atoms with Gasteiger partial charge in [-0.15, -0.1) is 0 Å². The van der Waals surface area contributed by atoms with Crippen LogP contribution in [0.15, 0.2) is 42.7 Å². The predicted octanol–water partition coefficient (Wildman–Crippen LogP) is 4.56. The summed E-state index contributed by atoms with van der Waals surface area (Å²) >= 11 is 0. The van der Waals surface area contributed by atoms with E-state index in [9.17, 15) is 18.0 Å². The number of hydrogen-bond acceptors (Lipinski definition) is 3. The second kappa shape index (κ2) is 7.33. The summed E-state index contributed by atoms with van der Waals surface area (Å²) in [5.41, 5.74) is 0.558. The average molecular weight is 337 g/mol. The molecule has 0 bridgehead atoms. The predicted molar refractivity (Wildman–Crippen MR) is 87.0 cm³/mol. The van der Waals surface area contributed by atoms with Crippen LogP contribution >= 0.6 is 0 Å². The third kappa shape index (κ3) is 4.71. The lowest BCUT2D eigenvalue weighted by atomic mass is 10.2. The minimum Gasteiger partial charge on any atom is -0.381 e. The molecule has 1 unspecified atom stereocenters. The Labute approximate surface area is 138 Å². The smallest absolute Gasteiger partial charge is 0.381 e. The molecule has 4 nitrogen and oxygen atoms in total. The number of nitrogens with one attached hydrogen (secondary N) is 2. The third-order valence-electron chi connectivity index (χ3n) is 3.50. The summed E-state index contributed by atoms with van der Waals surface area (Å²) in [5.74, 6) is -0.435. The largest absolute Gasteiger partial charge is 0.416 e. The van der Waals surface area contributed by atoms with Crippen LogP contribution in [0.1, 0.15) is 36.2 Å². The van der Waals surface area contributed by atoms with Crippen LogP contribution in [0.2, 0.25) is 0 Å². The van der Waals surface area contributed by atoms with Gasteiger partial charge < -0.3 is 10.6 Å². The normalized spacial score (nSPS) is 12.5. The topological polar surface area (TPSA) is 54.0 Å². The zero-order valence-corrected chi connectivity index (χ0v) is 13.3. The Kier molecular flexibility index (Phi) is 5.43. The summed E-state index contributed by atoms with van der Waals surface area (Å²) in [6, 6.07) is 6.17. The maximum Gasteiger partial charge on any atom is 0.416 e. The second-order valence-electron chi connectivity index (χ2n) is 5.45. The van der Waals surface area contributed by atoms with E-state index in [2.05, 4.69) is 15.6 Å². The van der Waals surface area contributed by atoms with E-state index < -0.39 is 17.6 Å². The summed E-state index contributed by atoms with van der Waals surface area (Å²) < 4.78 is 37.6. The van der Waals surface area contributed by atoms with Gasteiger partial charge in [0.25, 0.3) is 5.91 Å². The van der Waals surface area contributed by atoms with Crippen molar-refractivity contribution in [1.82, 2.24) is 4.98 Å². The molecule has 128 valence electrons. The van der Waals surface area contributed by atoms with Crippen molar-refractivity contribution in [2.45, 2.75) is 32.5 Å². The number of nitrogens with zero attached hydrogens (tertiary/aromatic N) is 1. The molecule has 1 atom stereocenters. The van der Waals surface area contributed by atoms with Crippen LogP contribution in [0.25, 0.3) is 0 Å². The second-order valence-corrected chi connectivity index (χ2v) is 5.45. The van der Waals surface area contributed by atoms with Crippen LogP contribution in [0.5, 0.6) is 0 Å². The van der Waals surface area contributed by atoms with Crippen molar-refractivity contribution in [3.05, 3.63) is 53.9 Å². The van der Waals surface area contributed by atoms with Gasteiger partial charge in [0.1, 0.15) is 0 Å². The highest BCUT2D eigenvalue weighted by atomic mass is 19.4. The molecule has 1 amide bonds. The maximum absolute atomic E-state index is 12.5. The van der Waals surface area contributed by atoms with Gasteiger partial charge in [-0.2, -0.15) is 13.2 Å². The number of alkyl halides is 3. The monoisotopic (exact) mass is 337 g/mol. The van der Waals surface area contributed by atoms with E-state index in [1.807, 2.05) is 13.8 Å². The number of aromatic nitrogens is 1. The van der Waals surface area contributed by atoms with E-state index >= 15 is 0 Å². The molecule has 24 heavy (non-hydrogen) atoms. The van der Waals surface area contributed by atoms with Crippen LogP contribution in [0.3, 0.4) is 0 Å². The Morgan fingerprint density at radius 3 is 2.42 bits per heavy atom. The minimum atomic E-state index is -4.40. The zero-order valence-electron chi connectivity index (χ0n) is 13.3. The average Bonchev–Trinajstić information content (AvgIpc) is 2.54. The fourth-order valence-corrected chi connectivity index (χ4v) is 1.98. The van der Waals surface area contributed by atoms with Crippen molar-refractivity contribution >= 4 is 17.3 Å². The summed E-state index contributed by atoms with van der Waals surface area (Å²) in [7, 11) is 0. The number of halogens is 3. The minimum absolute atomic E-state index is 0.236. The molecule has 0 saturated carbocycles. The molecule has 0 spiro atoms. The van der Waals surface area contributed by atoms with E-state index in [1.165, 1.54) is 18.3 Å². The molecule has 1 heterocycles. The SMILES string of the molecule is CCC(C)Nc1cncc(C(=O)Nc2ccc(C(F)(F)F)cc2)c1. The molecule has 2 N–H and O–H groups in total. The lowest BCUT2D eigenvalue weighted by Gasteiger charge is -2.13. The zero-order chi connectivity index (χ0) is 17.7. The molecule has 1 aromatic heterocycles. The molecule has 0 aliphatic heterocycles. The summed E-state index contributed by atoms with van der Waals surface area (Å²) in [6.07, 6.45) is -0.466. The Morgan fingerprint density at radius 2 is 1.83 bits per heavy atom. The molecule has 2 rings (SSSR count). The number of rotatable bonds is 5. The number of pyridine rings is 1. The Bertz CT molecular complexity index is 699. The summed E-state index contributed by atoms with van der Waals surface area (Å²) in [6.45, 7) is 4.04. The molecular weight excluding hydrogens is 319 g/mol. The van der Waals surface area contributed by atoms with Gasteiger partial charge in [0.2, 0.25) is 0 Å². The van der Waals surface area contributed by atoms with Crippen molar-refractivity contribution in [2.24, 2.45) is 0 Å². The first-order chi connectivity index (χ1) is 11.3. The van der Waals surface area contributed by atoms with Gasteiger partial charge in [0, 0.05) is 24.1 Å². The van der Waals surface area contributed by atoms with Crippen molar-refractivity contribution in [2.75, 3.05) is 10.6 Å². The molecule has 7 heteroatoms. The number of carbonyl (C=O) groups is 1. The highest BCUT2D eigenvalue weighted by Gasteiger charge is 2.30. The molecule has 0 fully saturated rings. The van der Waals surface area contributed by atoms with E-state index in [0.717, 1.165) is 18.6 Å². The fourth-order valence-electron chi connectivity index (χ4n) is 1.98. The first-order valence-corrected chi connectivity index (χ1v) is 7.49. The van der Waals surface area contributed by atoms with Crippen molar-refractivity contribution in [3.8, 4) is 0 Å². The van der Waals surface area contributed by atoms with E-state index in [0.29, 0.717) is 11.3 Å². The highest BCUT2D eigenvalue weighted by Crippen LogP contribution is 2.29. The summed E-state index contributed by atoms with van der Waals surface area (Å²) in [5, 5.41) is 5.76. The van der Waals surface area contributed by atoms with Gasteiger partial charge in [-0.05, 0) is 43.7 Å². The van der Waals surface area contributed by atoms with Crippen LogP contribution < -0.4 is 10.6 Å². The van der Waals surface area contributed by atoms with Crippen LogP contribution in [0, 0.1) is 0 Å². The molecule has 0 radical (unpaired) electrons. The summed E-state index contributed by atoms with van der Waals surface area (Å²) in [4.78, 5) is 16.2. The number of hydrogen-bond donors (Lipinski definition) is 2. The molecular formula is C17H18F3N3O. The number of anilines is 2. The number of amides is 1. The Hall–Kier alpha value is -2.57. The van der Waals surface area contributed by atoms with Crippen LogP contribution in [-0.4, -0.2) is 16.9 Å². The van der Waals surface area contributed by atoms with Gasteiger partial charge in [-0.1, -0.05) is 6.92 Å². The standard InChI is InChI=1S/C17H18F3N3O/c1-3-11(2)22-15-8-12(9-21-10-15)16(24)23-14-6-4-13(5-7-14)17(18,19)20/h4-11,22H,3H2,1-2H3,(H,23,24). The molecule has 1 aromatic carbocycles. The van der Waals surface area contributed by atoms with Crippen molar-refractivity contribution < 1.29 is 18.0 Å². The van der Waals surface area contributed by atoms with Crippen LogP contribution in [-0.2, 0) is 6.18 Å². The Morgan fingerprint density at radius 1 is 1.17 bits per heavy atom. The van der Waals surface area contributed by atoms with Gasteiger partial charge >= 0.3 is 6.18 Å². The first kappa shape index (κ1) is 17.8. The molecule has 0 saturated heterocycles. The molecule has 2 aromatic rings. The van der Waals surface area contributed by atoms with Gasteiger partial charge in [-0.25, -0.2) is 0 Å². The van der Waals surface area contributed by atoms with Crippen LogP contribution in [0.4, 0.5) is 24.5 Å². The van der Waals surface area contributed by atoms with E-state index in [-0.39, 0.29) is 11.7 Å². The maximum atomic E-state index is 12.5. The fraction of sp³-hybridized carbons (Fsp3) is 0.294.